The zero-order valence-corrected chi connectivity index (χ0v) is 12.4. The van der Waals surface area contributed by atoms with Crippen molar-refractivity contribution in [2.75, 3.05) is 0 Å². The first-order valence-electron chi connectivity index (χ1n) is 6.77. The number of rotatable bonds is 6. The van der Waals surface area contributed by atoms with Gasteiger partial charge in [0.25, 0.3) is 0 Å². The number of nitrogens with one attached hydrogen (secondary N) is 1. The molecule has 0 saturated heterocycles. The monoisotopic (exact) mass is 250 g/mol. The summed E-state index contributed by atoms with van der Waals surface area (Å²) in [4.78, 5) is 4.27. The van der Waals surface area contributed by atoms with Crippen LogP contribution >= 0.6 is 0 Å². The van der Waals surface area contributed by atoms with Crippen LogP contribution < -0.4 is 10.1 Å². The van der Waals surface area contributed by atoms with Crippen molar-refractivity contribution in [3.63, 3.8) is 0 Å². The predicted molar refractivity (Wildman–Crippen MR) is 76.1 cm³/mol. The number of pyridine rings is 1. The first-order chi connectivity index (χ1) is 8.40. The van der Waals surface area contributed by atoms with E-state index in [1.807, 2.05) is 20.0 Å². The van der Waals surface area contributed by atoms with E-state index in [0.717, 1.165) is 5.75 Å². The summed E-state index contributed by atoms with van der Waals surface area (Å²) in [6.45, 7) is 12.8. The maximum Gasteiger partial charge on any atom is 0.138 e. The molecule has 1 N–H and O–H groups in total. The molecule has 0 spiro atoms. The molecule has 18 heavy (non-hydrogen) atoms. The maximum atomic E-state index is 5.68. The molecule has 3 nitrogen and oxygen atoms in total. The quantitative estimate of drug-likeness (QED) is 0.840. The van der Waals surface area contributed by atoms with Crippen molar-refractivity contribution < 1.29 is 4.74 Å². The van der Waals surface area contributed by atoms with Crippen LogP contribution in [-0.4, -0.2) is 23.2 Å². The SMILES string of the molecule is CC(C)NC(C)C(C)c1cncc(OC(C)C)c1. The largest absolute Gasteiger partial charge is 0.489 e. The molecule has 0 bridgehead atoms. The average molecular weight is 250 g/mol. The maximum absolute atomic E-state index is 5.68. The second-order valence-electron chi connectivity index (χ2n) is 5.52. The van der Waals surface area contributed by atoms with Gasteiger partial charge >= 0.3 is 0 Å². The number of hydrogen-bond acceptors (Lipinski definition) is 3. The molecule has 0 aromatic carbocycles. The summed E-state index contributed by atoms with van der Waals surface area (Å²) in [5, 5.41) is 3.53. The van der Waals surface area contributed by atoms with Gasteiger partial charge in [-0.3, -0.25) is 4.98 Å². The Labute approximate surface area is 111 Å². The molecule has 1 aromatic heterocycles. The molecule has 2 atom stereocenters. The molecule has 0 fully saturated rings. The fourth-order valence-electron chi connectivity index (χ4n) is 1.98. The van der Waals surface area contributed by atoms with E-state index in [0.29, 0.717) is 18.0 Å². The van der Waals surface area contributed by atoms with Crippen molar-refractivity contribution >= 4 is 0 Å². The predicted octanol–water partition coefficient (Wildman–Crippen LogP) is 3.36. The van der Waals surface area contributed by atoms with Crippen LogP contribution in [0.15, 0.2) is 18.5 Å². The summed E-state index contributed by atoms with van der Waals surface area (Å²) in [6.07, 6.45) is 3.89. The fraction of sp³-hybridized carbons (Fsp3) is 0.667. The zero-order valence-electron chi connectivity index (χ0n) is 12.4. The lowest BCUT2D eigenvalue weighted by Crippen LogP contribution is -2.36. The molecule has 3 heteroatoms. The molecule has 1 heterocycles. The van der Waals surface area contributed by atoms with Gasteiger partial charge in [0.2, 0.25) is 0 Å². The summed E-state index contributed by atoms with van der Waals surface area (Å²) in [6, 6.07) is 3.00. The lowest BCUT2D eigenvalue weighted by Gasteiger charge is -2.24. The van der Waals surface area contributed by atoms with E-state index < -0.39 is 0 Å². The fourth-order valence-corrected chi connectivity index (χ4v) is 1.98. The number of hydrogen-bond donors (Lipinski definition) is 1. The Morgan fingerprint density at radius 3 is 2.28 bits per heavy atom. The highest BCUT2D eigenvalue weighted by Crippen LogP contribution is 2.23. The van der Waals surface area contributed by atoms with Crippen LogP contribution in [0.25, 0.3) is 0 Å². The summed E-state index contributed by atoms with van der Waals surface area (Å²) >= 11 is 0. The molecule has 0 saturated carbocycles. The van der Waals surface area contributed by atoms with E-state index in [1.165, 1.54) is 5.56 Å². The van der Waals surface area contributed by atoms with Crippen LogP contribution in [0.5, 0.6) is 5.75 Å². The van der Waals surface area contributed by atoms with Gasteiger partial charge in [-0.15, -0.1) is 0 Å². The highest BCUT2D eigenvalue weighted by molar-refractivity contribution is 5.27. The van der Waals surface area contributed by atoms with Crippen LogP contribution in [0.3, 0.4) is 0 Å². The Kier molecular flexibility index (Phi) is 5.60. The van der Waals surface area contributed by atoms with Gasteiger partial charge < -0.3 is 10.1 Å². The van der Waals surface area contributed by atoms with Gasteiger partial charge in [0.1, 0.15) is 5.75 Å². The topological polar surface area (TPSA) is 34.2 Å². The molecule has 0 radical (unpaired) electrons. The summed E-state index contributed by atoms with van der Waals surface area (Å²) < 4.78 is 5.68. The Hall–Kier alpha value is -1.09. The van der Waals surface area contributed by atoms with Crippen LogP contribution in [0.2, 0.25) is 0 Å². The van der Waals surface area contributed by atoms with E-state index in [2.05, 4.69) is 44.1 Å². The normalized spacial score (nSPS) is 14.9. The van der Waals surface area contributed by atoms with Crippen LogP contribution in [0.1, 0.15) is 53.0 Å². The van der Waals surface area contributed by atoms with E-state index in [9.17, 15) is 0 Å². The molecular weight excluding hydrogens is 224 g/mol. The molecule has 0 aliphatic carbocycles. The van der Waals surface area contributed by atoms with Crippen molar-refractivity contribution in [3.8, 4) is 5.75 Å². The minimum absolute atomic E-state index is 0.184. The molecule has 1 rings (SSSR count). The smallest absolute Gasteiger partial charge is 0.138 e. The van der Waals surface area contributed by atoms with E-state index in [1.54, 1.807) is 6.20 Å². The number of ether oxygens (including phenoxy) is 1. The number of nitrogens with zero attached hydrogens (tertiary/aromatic N) is 1. The van der Waals surface area contributed by atoms with Gasteiger partial charge in [0, 0.05) is 18.3 Å². The third kappa shape index (κ3) is 4.65. The molecule has 1 aromatic rings. The van der Waals surface area contributed by atoms with E-state index >= 15 is 0 Å². The van der Waals surface area contributed by atoms with Crippen molar-refractivity contribution in [2.24, 2.45) is 0 Å². The van der Waals surface area contributed by atoms with Gasteiger partial charge in [-0.1, -0.05) is 20.8 Å². The Morgan fingerprint density at radius 1 is 1.06 bits per heavy atom. The molecule has 0 aliphatic rings. The van der Waals surface area contributed by atoms with Crippen molar-refractivity contribution in [1.29, 1.82) is 0 Å². The van der Waals surface area contributed by atoms with E-state index in [-0.39, 0.29) is 6.10 Å². The highest BCUT2D eigenvalue weighted by atomic mass is 16.5. The third-order valence-electron chi connectivity index (χ3n) is 2.98. The summed E-state index contributed by atoms with van der Waals surface area (Å²) in [7, 11) is 0. The van der Waals surface area contributed by atoms with Crippen molar-refractivity contribution in [1.82, 2.24) is 10.3 Å². The van der Waals surface area contributed by atoms with E-state index in [4.69, 9.17) is 4.74 Å². The van der Waals surface area contributed by atoms with Gasteiger partial charge in [0.15, 0.2) is 0 Å². The molecular formula is C15H26N2O. The highest BCUT2D eigenvalue weighted by Gasteiger charge is 2.16. The first-order valence-corrected chi connectivity index (χ1v) is 6.77. The minimum Gasteiger partial charge on any atom is -0.489 e. The Balaban J connectivity index is 2.76. The third-order valence-corrected chi connectivity index (χ3v) is 2.98. The summed E-state index contributed by atoms with van der Waals surface area (Å²) in [5.41, 5.74) is 1.22. The number of aromatic nitrogens is 1. The summed E-state index contributed by atoms with van der Waals surface area (Å²) in [5.74, 6) is 1.27. The zero-order chi connectivity index (χ0) is 13.7. The first kappa shape index (κ1) is 15.0. The second-order valence-corrected chi connectivity index (χ2v) is 5.52. The van der Waals surface area contributed by atoms with Gasteiger partial charge in [0.05, 0.1) is 12.3 Å². The standard InChI is InChI=1S/C15H26N2O/c1-10(2)17-13(6)12(5)14-7-15(9-16-8-14)18-11(3)4/h7-13,17H,1-6H3. The second kappa shape index (κ2) is 6.74. The Bertz CT molecular complexity index is 363. The van der Waals surface area contributed by atoms with Crippen molar-refractivity contribution in [3.05, 3.63) is 24.0 Å². The molecule has 2 unspecified atom stereocenters. The Morgan fingerprint density at radius 2 is 1.72 bits per heavy atom. The minimum atomic E-state index is 0.184. The molecule has 102 valence electrons. The molecule has 0 amide bonds. The van der Waals surface area contributed by atoms with Crippen LogP contribution in [-0.2, 0) is 0 Å². The van der Waals surface area contributed by atoms with Gasteiger partial charge in [-0.05, 0) is 38.3 Å². The van der Waals surface area contributed by atoms with Crippen LogP contribution in [0, 0.1) is 0 Å². The van der Waals surface area contributed by atoms with Crippen molar-refractivity contribution in [2.45, 2.75) is 65.6 Å². The lowest BCUT2D eigenvalue weighted by molar-refractivity contribution is 0.241. The van der Waals surface area contributed by atoms with Crippen LogP contribution in [0.4, 0.5) is 0 Å². The van der Waals surface area contributed by atoms with Gasteiger partial charge in [-0.25, -0.2) is 0 Å². The lowest BCUT2D eigenvalue weighted by atomic mass is 9.95. The molecule has 0 aliphatic heterocycles. The average Bonchev–Trinajstić information content (AvgIpc) is 2.26. The van der Waals surface area contributed by atoms with Gasteiger partial charge in [-0.2, -0.15) is 0 Å².